The minimum atomic E-state index is -0.575. The van der Waals surface area contributed by atoms with E-state index in [4.69, 9.17) is 4.74 Å². The van der Waals surface area contributed by atoms with E-state index in [-0.39, 0.29) is 24.2 Å². The average molecular weight is 365 g/mol. The minimum Gasteiger partial charge on any atom is -0.460 e. The summed E-state index contributed by atoms with van der Waals surface area (Å²) >= 11 is 0. The molecule has 2 aromatic carbocycles. The molecule has 0 fully saturated rings. The number of hydrogen-bond donors (Lipinski definition) is 0. The van der Waals surface area contributed by atoms with Crippen LogP contribution in [0, 0.1) is 0 Å². The van der Waals surface area contributed by atoms with Crippen molar-refractivity contribution in [1.82, 2.24) is 4.90 Å². The maximum atomic E-state index is 12.9. The maximum Gasteiger partial charge on any atom is 0.306 e. The molecule has 27 heavy (non-hydrogen) atoms. The number of fused-ring (bicyclic) bond motifs is 1. The number of carbonyl (C=O) groups excluding carboxylic acids is 3. The van der Waals surface area contributed by atoms with E-state index in [2.05, 4.69) is 0 Å². The quantitative estimate of drug-likeness (QED) is 0.590. The first kappa shape index (κ1) is 18.8. The Morgan fingerprint density at radius 3 is 1.96 bits per heavy atom. The molecule has 2 aromatic rings. The topological polar surface area (TPSA) is 63.7 Å². The van der Waals surface area contributed by atoms with Crippen molar-refractivity contribution >= 4 is 17.8 Å². The zero-order valence-electron chi connectivity index (χ0n) is 15.8. The van der Waals surface area contributed by atoms with Gasteiger partial charge in [-0.05, 0) is 44.9 Å². The second-order valence-electron chi connectivity index (χ2n) is 7.58. The van der Waals surface area contributed by atoms with Crippen molar-refractivity contribution in [3.05, 3.63) is 71.3 Å². The Morgan fingerprint density at radius 1 is 0.926 bits per heavy atom. The van der Waals surface area contributed by atoms with E-state index in [1.54, 1.807) is 24.3 Å². The number of imide groups is 1. The third kappa shape index (κ3) is 4.08. The molecular weight excluding hydrogens is 342 g/mol. The summed E-state index contributed by atoms with van der Waals surface area (Å²) in [5.41, 5.74) is 1.05. The van der Waals surface area contributed by atoms with Gasteiger partial charge in [0.25, 0.3) is 11.8 Å². The number of hydrogen-bond acceptors (Lipinski definition) is 4. The Hall–Kier alpha value is -2.95. The molecule has 0 saturated carbocycles. The fraction of sp³-hybridized carbons (Fsp3) is 0.318. The van der Waals surface area contributed by atoms with Gasteiger partial charge in [-0.2, -0.15) is 0 Å². The van der Waals surface area contributed by atoms with Crippen LogP contribution in [0.4, 0.5) is 0 Å². The molecule has 1 aliphatic heterocycles. The van der Waals surface area contributed by atoms with E-state index >= 15 is 0 Å². The van der Waals surface area contributed by atoms with Crippen LogP contribution in [0.5, 0.6) is 0 Å². The van der Waals surface area contributed by atoms with Crippen LogP contribution in [0.25, 0.3) is 0 Å². The van der Waals surface area contributed by atoms with Crippen LogP contribution >= 0.6 is 0 Å². The minimum absolute atomic E-state index is 0.115. The second-order valence-corrected chi connectivity index (χ2v) is 7.58. The number of esters is 1. The molecule has 5 nitrogen and oxygen atoms in total. The van der Waals surface area contributed by atoms with Crippen molar-refractivity contribution in [3.8, 4) is 0 Å². The van der Waals surface area contributed by atoms with Crippen molar-refractivity contribution in [2.45, 2.75) is 45.3 Å². The van der Waals surface area contributed by atoms with Crippen molar-refractivity contribution in [3.63, 3.8) is 0 Å². The van der Waals surface area contributed by atoms with Gasteiger partial charge in [-0.3, -0.25) is 19.3 Å². The largest absolute Gasteiger partial charge is 0.460 e. The molecule has 0 aromatic heterocycles. The van der Waals surface area contributed by atoms with Crippen LogP contribution < -0.4 is 0 Å². The molecule has 5 heteroatoms. The first-order valence-corrected chi connectivity index (χ1v) is 9.01. The van der Waals surface area contributed by atoms with Crippen LogP contribution in [0.15, 0.2) is 54.6 Å². The highest BCUT2D eigenvalue weighted by Gasteiger charge is 2.40. The summed E-state index contributed by atoms with van der Waals surface area (Å²) in [5, 5.41) is 0. The molecule has 0 N–H and O–H groups in total. The molecule has 1 atom stereocenters. The predicted octanol–water partition coefficient (Wildman–Crippen LogP) is 4.15. The van der Waals surface area contributed by atoms with Gasteiger partial charge in [0.15, 0.2) is 0 Å². The standard InChI is InChI=1S/C22H23NO4/c1-22(2,3)27-19(24)14-13-18(15-9-5-4-6-10-15)23-20(25)16-11-7-8-12-17(16)21(23)26/h4-12,18H,13-14H2,1-3H3. The molecule has 0 aliphatic carbocycles. The number of carbonyl (C=O) groups is 3. The van der Waals surface area contributed by atoms with E-state index in [1.807, 2.05) is 51.1 Å². The van der Waals surface area contributed by atoms with Gasteiger partial charge in [0, 0.05) is 6.42 Å². The monoisotopic (exact) mass is 365 g/mol. The van der Waals surface area contributed by atoms with Crippen LogP contribution in [0.2, 0.25) is 0 Å². The normalized spacial score (nSPS) is 14.9. The molecule has 1 unspecified atom stereocenters. The van der Waals surface area contributed by atoms with E-state index in [0.29, 0.717) is 17.5 Å². The zero-order chi connectivity index (χ0) is 19.6. The molecule has 0 spiro atoms. The second kappa shape index (κ2) is 7.35. The van der Waals surface area contributed by atoms with E-state index in [0.717, 1.165) is 5.56 Å². The Balaban J connectivity index is 1.87. The third-order valence-electron chi connectivity index (χ3n) is 4.36. The first-order valence-electron chi connectivity index (χ1n) is 9.01. The fourth-order valence-electron chi connectivity index (χ4n) is 3.26. The van der Waals surface area contributed by atoms with E-state index in [1.165, 1.54) is 4.90 Å². The van der Waals surface area contributed by atoms with Gasteiger partial charge in [-0.15, -0.1) is 0 Å². The fourth-order valence-corrected chi connectivity index (χ4v) is 3.26. The average Bonchev–Trinajstić information content (AvgIpc) is 2.87. The lowest BCUT2D eigenvalue weighted by atomic mass is 10.00. The van der Waals surface area contributed by atoms with Crippen molar-refractivity contribution in [2.75, 3.05) is 0 Å². The Labute approximate surface area is 158 Å². The summed E-state index contributed by atoms with van der Waals surface area (Å²) in [6, 6.07) is 15.6. The molecule has 1 heterocycles. The highest BCUT2D eigenvalue weighted by Crippen LogP contribution is 2.34. The van der Waals surface area contributed by atoms with Gasteiger partial charge in [-0.25, -0.2) is 0 Å². The molecule has 140 valence electrons. The molecule has 0 radical (unpaired) electrons. The van der Waals surface area contributed by atoms with Crippen LogP contribution in [0.3, 0.4) is 0 Å². The van der Waals surface area contributed by atoms with Gasteiger partial charge in [-0.1, -0.05) is 42.5 Å². The van der Waals surface area contributed by atoms with Gasteiger partial charge < -0.3 is 4.74 Å². The number of amides is 2. The van der Waals surface area contributed by atoms with Crippen molar-refractivity contribution in [2.24, 2.45) is 0 Å². The summed E-state index contributed by atoms with van der Waals surface area (Å²) in [6.07, 6.45) is 0.425. The molecule has 0 saturated heterocycles. The summed E-state index contributed by atoms with van der Waals surface area (Å²) in [4.78, 5) is 39.2. The number of rotatable bonds is 5. The van der Waals surface area contributed by atoms with Crippen molar-refractivity contribution < 1.29 is 19.1 Å². The summed E-state index contributed by atoms with van der Waals surface area (Å²) < 4.78 is 5.37. The molecule has 0 bridgehead atoms. The Bertz CT molecular complexity index is 832. The van der Waals surface area contributed by atoms with Crippen LogP contribution in [-0.4, -0.2) is 28.3 Å². The smallest absolute Gasteiger partial charge is 0.306 e. The first-order chi connectivity index (χ1) is 12.8. The Morgan fingerprint density at radius 2 is 1.44 bits per heavy atom. The lowest BCUT2D eigenvalue weighted by Crippen LogP contribution is -2.35. The van der Waals surface area contributed by atoms with Gasteiger partial charge in [0.05, 0.1) is 17.2 Å². The lowest BCUT2D eigenvalue weighted by molar-refractivity contribution is -0.155. The van der Waals surface area contributed by atoms with E-state index in [9.17, 15) is 14.4 Å². The maximum absolute atomic E-state index is 12.9. The summed E-state index contributed by atoms with van der Waals surface area (Å²) in [5.74, 6) is -0.998. The summed E-state index contributed by atoms with van der Waals surface area (Å²) in [7, 11) is 0. The molecule has 2 amide bonds. The predicted molar refractivity (Wildman–Crippen MR) is 101 cm³/mol. The highest BCUT2D eigenvalue weighted by molar-refractivity contribution is 6.21. The number of ether oxygens (including phenoxy) is 1. The summed E-state index contributed by atoms with van der Waals surface area (Å²) in [6.45, 7) is 5.43. The third-order valence-corrected chi connectivity index (χ3v) is 4.36. The molecule has 1 aliphatic rings. The number of nitrogens with zero attached hydrogens (tertiary/aromatic N) is 1. The zero-order valence-corrected chi connectivity index (χ0v) is 15.8. The van der Waals surface area contributed by atoms with Gasteiger partial charge in [0.2, 0.25) is 0 Å². The Kier molecular flexibility index (Phi) is 5.13. The van der Waals surface area contributed by atoms with E-state index < -0.39 is 11.6 Å². The molecule has 3 rings (SSSR count). The van der Waals surface area contributed by atoms with Crippen LogP contribution in [-0.2, 0) is 9.53 Å². The van der Waals surface area contributed by atoms with Crippen LogP contribution in [0.1, 0.15) is 65.9 Å². The number of benzene rings is 2. The van der Waals surface area contributed by atoms with Gasteiger partial charge >= 0.3 is 5.97 Å². The molecular formula is C22H23NO4. The lowest BCUT2D eigenvalue weighted by Gasteiger charge is -2.27. The van der Waals surface area contributed by atoms with Gasteiger partial charge in [0.1, 0.15) is 5.60 Å². The highest BCUT2D eigenvalue weighted by atomic mass is 16.6. The van der Waals surface area contributed by atoms with Crippen molar-refractivity contribution in [1.29, 1.82) is 0 Å². The SMILES string of the molecule is CC(C)(C)OC(=O)CCC(c1ccccc1)N1C(=O)c2ccccc2C1=O.